The maximum absolute atomic E-state index is 15.0. The van der Waals surface area contributed by atoms with Crippen LogP contribution >= 0.6 is 0 Å². The van der Waals surface area contributed by atoms with Crippen LogP contribution in [0.1, 0.15) is 13.3 Å². The molecule has 3 rings (SSSR count). The summed E-state index contributed by atoms with van der Waals surface area (Å²) in [5.41, 5.74) is 2.26. The molecule has 0 saturated heterocycles. The molecule has 0 spiro atoms. The number of nitrogens with one attached hydrogen (secondary N) is 1. The molecule has 0 bridgehead atoms. The van der Waals surface area contributed by atoms with Crippen LogP contribution in [0.3, 0.4) is 0 Å². The summed E-state index contributed by atoms with van der Waals surface area (Å²) in [6.07, 6.45) is 3.16. The van der Waals surface area contributed by atoms with Crippen LogP contribution in [-0.2, 0) is 21.2 Å². The van der Waals surface area contributed by atoms with E-state index in [2.05, 4.69) is 4.98 Å². The molecule has 1 aromatic carbocycles. The molecule has 0 aliphatic heterocycles. The zero-order valence-electron chi connectivity index (χ0n) is 18.7. The fraction of sp³-hybridized carbons (Fsp3) is 0.318. The average Bonchev–Trinajstić information content (AvgIpc) is 2.78. The number of pyridine rings is 2. The maximum atomic E-state index is 15.0. The largest absolute Gasteiger partial charge is 0.363 e. The molecule has 0 aliphatic rings. The predicted octanol–water partition coefficient (Wildman–Crippen LogP) is 1.97. The zero-order chi connectivity index (χ0) is 24.6. The summed E-state index contributed by atoms with van der Waals surface area (Å²) in [7, 11) is -0.210. The standard InChI is InChI=1S/C22H25FN4O5S/c1-22(21(29)25-30,33(4,31)32)9-10-27-13-18(23)17-11-14(5-7-16(17)20(27)28)15-6-8-19(24-12-15)26(2)3/h5-8,11-13,30H,9-10H2,1-4H3,(H,25,29). The number of aromatic nitrogens is 2. The lowest BCUT2D eigenvalue weighted by Gasteiger charge is -2.25. The lowest BCUT2D eigenvalue weighted by Crippen LogP contribution is -2.50. The van der Waals surface area contributed by atoms with Gasteiger partial charge in [0.05, 0.1) is 5.39 Å². The normalized spacial score (nSPS) is 13.5. The van der Waals surface area contributed by atoms with E-state index in [-0.39, 0.29) is 23.7 Å². The predicted molar refractivity (Wildman–Crippen MR) is 124 cm³/mol. The van der Waals surface area contributed by atoms with Gasteiger partial charge >= 0.3 is 0 Å². The number of fused-ring (bicyclic) bond motifs is 1. The molecule has 1 amide bonds. The van der Waals surface area contributed by atoms with E-state index in [9.17, 15) is 22.4 Å². The zero-order valence-corrected chi connectivity index (χ0v) is 19.5. The summed E-state index contributed by atoms with van der Waals surface area (Å²) in [5, 5.41) is 9.16. The average molecular weight is 477 g/mol. The number of benzene rings is 1. The first-order valence-corrected chi connectivity index (χ1v) is 11.9. The van der Waals surface area contributed by atoms with Gasteiger partial charge in [-0.2, -0.15) is 0 Å². The first-order chi connectivity index (χ1) is 15.4. The Kier molecular flexibility index (Phi) is 6.57. The van der Waals surface area contributed by atoms with Crippen LogP contribution in [0.2, 0.25) is 0 Å². The minimum absolute atomic E-state index is 0.115. The van der Waals surface area contributed by atoms with Gasteiger partial charge in [0.15, 0.2) is 14.6 Å². The third kappa shape index (κ3) is 4.60. The molecule has 2 heterocycles. The van der Waals surface area contributed by atoms with E-state index in [0.717, 1.165) is 35.3 Å². The molecule has 176 valence electrons. The summed E-state index contributed by atoms with van der Waals surface area (Å²) in [4.78, 5) is 31.1. The van der Waals surface area contributed by atoms with E-state index in [1.54, 1.807) is 18.3 Å². The number of hydrogen-bond donors (Lipinski definition) is 2. The molecule has 3 aromatic rings. The first-order valence-electron chi connectivity index (χ1n) is 9.99. The van der Waals surface area contributed by atoms with Crippen LogP contribution in [0.5, 0.6) is 0 Å². The van der Waals surface area contributed by atoms with Crippen LogP contribution in [0.15, 0.2) is 47.5 Å². The highest BCUT2D eigenvalue weighted by atomic mass is 32.2. The summed E-state index contributed by atoms with van der Waals surface area (Å²) in [5.74, 6) is -1.03. The van der Waals surface area contributed by atoms with Crippen LogP contribution in [0, 0.1) is 5.82 Å². The van der Waals surface area contributed by atoms with E-state index in [4.69, 9.17) is 5.21 Å². The van der Waals surface area contributed by atoms with Gasteiger partial charge in [0.2, 0.25) is 0 Å². The molecule has 1 unspecified atom stereocenters. The quantitative estimate of drug-likeness (QED) is 0.395. The molecule has 33 heavy (non-hydrogen) atoms. The Balaban J connectivity index is 1.98. The van der Waals surface area contributed by atoms with Crippen molar-refractivity contribution in [2.24, 2.45) is 0 Å². The van der Waals surface area contributed by atoms with E-state index in [1.165, 1.54) is 11.5 Å². The van der Waals surface area contributed by atoms with Crippen molar-refractivity contribution in [2.75, 3.05) is 25.3 Å². The van der Waals surface area contributed by atoms with Gasteiger partial charge in [-0.1, -0.05) is 6.07 Å². The number of carbonyl (C=O) groups excluding carboxylic acids is 1. The van der Waals surface area contributed by atoms with Gasteiger partial charge < -0.3 is 9.47 Å². The summed E-state index contributed by atoms with van der Waals surface area (Å²) in [6, 6.07) is 8.42. The molecule has 0 aliphatic carbocycles. The fourth-order valence-corrected chi connectivity index (χ4v) is 4.28. The number of hydrogen-bond acceptors (Lipinski definition) is 7. The van der Waals surface area contributed by atoms with Gasteiger partial charge in [-0.15, -0.1) is 0 Å². The van der Waals surface area contributed by atoms with E-state index < -0.39 is 31.9 Å². The Morgan fingerprint density at radius 3 is 2.42 bits per heavy atom. The van der Waals surface area contributed by atoms with Gasteiger partial charge in [0, 0.05) is 50.2 Å². The van der Waals surface area contributed by atoms with Crippen molar-refractivity contribution in [1.29, 1.82) is 0 Å². The molecule has 0 saturated carbocycles. The van der Waals surface area contributed by atoms with Crippen molar-refractivity contribution in [3.63, 3.8) is 0 Å². The summed E-state index contributed by atoms with van der Waals surface area (Å²) < 4.78 is 38.2. The Morgan fingerprint density at radius 2 is 1.88 bits per heavy atom. The molecular weight excluding hydrogens is 451 g/mol. The van der Waals surface area contributed by atoms with Gasteiger partial charge in [-0.05, 0) is 43.2 Å². The number of halogens is 1. The third-order valence-electron chi connectivity index (χ3n) is 5.81. The number of anilines is 1. The second-order valence-corrected chi connectivity index (χ2v) is 10.7. The van der Waals surface area contributed by atoms with Gasteiger partial charge in [-0.25, -0.2) is 23.3 Å². The molecule has 2 N–H and O–H groups in total. The minimum Gasteiger partial charge on any atom is -0.363 e. The second-order valence-electron chi connectivity index (χ2n) is 8.23. The minimum atomic E-state index is -3.95. The van der Waals surface area contributed by atoms with Gasteiger partial charge in [0.1, 0.15) is 11.6 Å². The monoisotopic (exact) mass is 476 g/mol. The maximum Gasteiger partial charge on any atom is 0.264 e. The number of sulfone groups is 1. The number of nitrogens with zero attached hydrogens (tertiary/aromatic N) is 3. The molecule has 11 heteroatoms. The Bertz CT molecular complexity index is 1370. The van der Waals surface area contributed by atoms with Crippen LogP contribution < -0.4 is 15.9 Å². The van der Waals surface area contributed by atoms with Crippen molar-refractivity contribution >= 4 is 32.3 Å². The summed E-state index contributed by atoms with van der Waals surface area (Å²) >= 11 is 0. The topological polar surface area (TPSA) is 122 Å². The number of amides is 1. The van der Waals surface area contributed by atoms with Crippen molar-refractivity contribution < 1.29 is 22.8 Å². The first kappa shape index (κ1) is 24.3. The van der Waals surface area contributed by atoms with Crippen molar-refractivity contribution in [2.45, 2.75) is 24.6 Å². The van der Waals surface area contributed by atoms with Crippen molar-refractivity contribution in [3.8, 4) is 11.1 Å². The number of aryl methyl sites for hydroxylation is 1. The number of rotatable bonds is 7. The van der Waals surface area contributed by atoms with Crippen molar-refractivity contribution in [3.05, 3.63) is 58.9 Å². The second kappa shape index (κ2) is 8.91. The van der Waals surface area contributed by atoms with Gasteiger partial charge in [0.25, 0.3) is 11.5 Å². The Hall–Kier alpha value is -3.31. The van der Waals surface area contributed by atoms with Crippen LogP contribution in [0.25, 0.3) is 21.9 Å². The van der Waals surface area contributed by atoms with Gasteiger partial charge in [-0.3, -0.25) is 14.8 Å². The number of hydroxylamine groups is 1. The molecule has 9 nitrogen and oxygen atoms in total. The molecule has 0 fully saturated rings. The third-order valence-corrected chi connectivity index (χ3v) is 7.83. The van der Waals surface area contributed by atoms with Crippen molar-refractivity contribution in [1.82, 2.24) is 15.0 Å². The highest BCUT2D eigenvalue weighted by Crippen LogP contribution is 2.26. The molecule has 0 radical (unpaired) electrons. The Labute approximate surface area is 190 Å². The smallest absolute Gasteiger partial charge is 0.264 e. The molecule has 2 aromatic heterocycles. The highest BCUT2D eigenvalue weighted by molar-refractivity contribution is 7.92. The van der Waals surface area contributed by atoms with Crippen LogP contribution in [0.4, 0.5) is 10.2 Å². The van der Waals surface area contributed by atoms with Crippen LogP contribution in [-0.4, -0.2) is 54.2 Å². The molecule has 1 atom stereocenters. The lowest BCUT2D eigenvalue weighted by atomic mass is 10.0. The van der Waals surface area contributed by atoms with E-state index in [0.29, 0.717) is 5.56 Å². The van der Waals surface area contributed by atoms with E-state index >= 15 is 0 Å². The Morgan fingerprint density at radius 1 is 1.21 bits per heavy atom. The summed E-state index contributed by atoms with van der Waals surface area (Å²) in [6.45, 7) is 0.887. The lowest BCUT2D eigenvalue weighted by molar-refractivity contribution is -0.131. The molecular formula is C22H25FN4O5S. The number of carbonyl (C=O) groups is 1. The highest BCUT2D eigenvalue weighted by Gasteiger charge is 2.43. The fourth-order valence-electron chi connectivity index (χ4n) is 3.43. The SMILES string of the molecule is CN(C)c1ccc(-c2ccc3c(=O)n(CCC(C)(C(=O)NO)S(C)(=O)=O)cc(F)c3c2)cn1. The van der Waals surface area contributed by atoms with E-state index in [1.807, 2.05) is 31.1 Å².